The Kier molecular flexibility index (Phi) is 5.11. The van der Waals surface area contributed by atoms with E-state index in [0.29, 0.717) is 0 Å². The van der Waals surface area contributed by atoms with Crippen molar-refractivity contribution in [2.45, 2.75) is 20.3 Å². The minimum Gasteiger partial charge on any atom is -0.502 e. The van der Waals surface area contributed by atoms with Crippen LogP contribution in [0.25, 0.3) is 0 Å². The van der Waals surface area contributed by atoms with Gasteiger partial charge < -0.3 is 9.84 Å². The van der Waals surface area contributed by atoms with Gasteiger partial charge in [-0.1, -0.05) is 29.8 Å². The van der Waals surface area contributed by atoms with Crippen LogP contribution < -0.4 is 0 Å². The second-order valence-electron chi connectivity index (χ2n) is 3.88. The van der Waals surface area contributed by atoms with E-state index in [2.05, 4.69) is 4.74 Å². The van der Waals surface area contributed by atoms with Gasteiger partial charge in [-0.15, -0.1) is 0 Å². The highest BCUT2D eigenvalue weighted by atomic mass is 16.5. The van der Waals surface area contributed by atoms with Crippen LogP contribution >= 0.6 is 0 Å². The summed E-state index contributed by atoms with van der Waals surface area (Å²) in [6.07, 6.45) is 1.04. The number of aliphatic hydroxyl groups is 1. The summed E-state index contributed by atoms with van der Waals surface area (Å²) in [5.41, 5.74) is 1.94. The summed E-state index contributed by atoms with van der Waals surface area (Å²) in [7, 11) is 0. The molecule has 0 heterocycles. The molecule has 0 saturated carbocycles. The van der Waals surface area contributed by atoms with E-state index < -0.39 is 11.7 Å². The molecule has 96 valence electrons. The molecule has 0 atom stereocenters. The summed E-state index contributed by atoms with van der Waals surface area (Å²) >= 11 is 0. The van der Waals surface area contributed by atoms with E-state index in [1.807, 2.05) is 31.2 Å². The number of ether oxygens (including phenoxy) is 1. The number of esters is 1. The monoisotopic (exact) mass is 248 g/mol. The molecule has 0 aromatic heterocycles. The maximum Gasteiger partial charge on any atom is 0.373 e. The fraction of sp³-hybridized carbons (Fsp3) is 0.286. The van der Waals surface area contributed by atoms with Crippen LogP contribution in [0.15, 0.2) is 36.1 Å². The highest BCUT2D eigenvalue weighted by Gasteiger charge is 2.10. The number of aliphatic hydroxyl groups excluding tert-OH is 1. The molecule has 1 aromatic carbocycles. The van der Waals surface area contributed by atoms with Gasteiger partial charge in [0.15, 0.2) is 5.78 Å². The van der Waals surface area contributed by atoms with Crippen LogP contribution in [0.5, 0.6) is 0 Å². The molecule has 1 rings (SSSR count). The zero-order valence-electron chi connectivity index (χ0n) is 10.5. The van der Waals surface area contributed by atoms with Crippen LogP contribution in [-0.2, 0) is 20.7 Å². The summed E-state index contributed by atoms with van der Waals surface area (Å²) in [5.74, 6) is -1.88. The van der Waals surface area contributed by atoms with Gasteiger partial charge in [0.05, 0.1) is 6.61 Å². The summed E-state index contributed by atoms with van der Waals surface area (Å²) in [4.78, 5) is 22.7. The smallest absolute Gasteiger partial charge is 0.373 e. The molecule has 4 nitrogen and oxygen atoms in total. The lowest BCUT2D eigenvalue weighted by Gasteiger charge is -2.01. The quantitative estimate of drug-likeness (QED) is 0.492. The lowest BCUT2D eigenvalue weighted by atomic mass is 10.1. The first-order valence-corrected chi connectivity index (χ1v) is 5.69. The topological polar surface area (TPSA) is 63.6 Å². The van der Waals surface area contributed by atoms with Gasteiger partial charge >= 0.3 is 5.97 Å². The molecule has 1 aromatic rings. The molecule has 0 saturated heterocycles. The van der Waals surface area contributed by atoms with E-state index in [1.165, 1.54) is 0 Å². The molecule has 0 aliphatic heterocycles. The van der Waals surface area contributed by atoms with Crippen LogP contribution in [-0.4, -0.2) is 23.5 Å². The van der Waals surface area contributed by atoms with Crippen molar-refractivity contribution in [3.8, 4) is 0 Å². The number of hydrogen-bond donors (Lipinski definition) is 1. The van der Waals surface area contributed by atoms with Crippen LogP contribution in [0.2, 0.25) is 0 Å². The molecule has 0 unspecified atom stereocenters. The number of allylic oxidation sites excluding steroid dienone is 1. The Bertz CT molecular complexity index is 457. The zero-order chi connectivity index (χ0) is 13.5. The summed E-state index contributed by atoms with van der Waals surface area (Å²) in [6, 6.07) is 7.47. The molecule has 0 fully saturated rings. The number of benzene rings is 1. The predicted octanol–water partition coefficient (Wildman–Crippen LogP) is 2.11. The van der Waals surface area contributed by atoms with Crippen molar-refractivity contribution in [2.24, 2.45) is 0 Å². The Morgan fingerprint density at radius 1 is 1.28 bits per heavy atom. The number of rotatable bonds is 5. The molecule has 0 aliphatic carbocycles. The van der Waals surface area contributed by atoms with E-state index >= 15 is 0 Å². The lowest BCUT2D eigenvalue weighted by Crippen LogP contribution is -2.10. The van der Waals surface area contributed by atoms with Crippen LogP contribution in [0.3, 0.4) is 0 Å². The van der Waals surface area contributed by atoms with Gasteiger partial charge in [-0.2, -0.15) is 0 Å². The highest BCUT2D eigenvalue weighted by molar-refractivity contribution is 5.98. The summed E-state index contributed by atoms with van der Waals surface area (Å²) in [5, 5.41) is 9.31. The average molecular weight is 248 g/mol. The van der Waals surface area contributed by atoms with Crippen molar-refractivity contribution in [3.05, 3.63) is 47.2 Å². The Morgan fingerprint density at radius 2 is 1.89 bits per heavy atom. The van der Waals surface area contributed by atoms with E-state index in [1.54, 1.807) is 6.92 Å². The van der Waals surface area contributed by atoms with Crippen LogP contribution in [0, 0.1) is 6.92 Å². The van der Waals surface area contributed by atoms with E-state index in [0.717, 1.165) is 17.2 Å². The summed E-state index contributed by atoms with van der Waals surface area (Å²) in [6.45, 7) is 3.74. The fourth-order valence-electron chi connectivity index (χ4n) is 1.37. The molecule has 4 heteroatoms. The van der Waals surface area contributed by atoms with Crippen molar-refractivity contribution >= 4 is 11.8 Å². The third-order valence-corrected chi connectivity index (χ3v) is 2.28. The van der Waals surface area contributed by atoms with Crippen molar-refractivity contribution in [3.63, 3.8) is 0 Å². The standard InChI is InChI=1S/C14H16O4/c1-3-18-14(17)13(16)9-12(15)8-11-6-4-10(2)5-7-11/h4-7,9,16H,3,8H2,1-2H3. The number of ketones is 1. The second kappa shape index (κ2) is 6.59. The van der Waals surface area contributed by atoms with E-state index in [-0.39, 0.29) is 18.8 Å². The molecule has 0 aliphatic rings. The molecule has 0 amide bonds. The van der Waals surface area contributed by atoms with Crippen molar-refractivity contribution in [2.75, 3.05) is 6.61 Å². The van der Waals surface area contributed by atoms with Gasteiger partial charge in [0.1, 0.15) is 0 Å². The molecule has 18 heavy (non-hydrogen) atoms. The number of hydrogen-bond acceptors (Lipinski definition) is 4. The van der Waals surface area contributed by atoms with Gasteiger partial charge in [0, 0.05) is 12.5 Å². The van der Waals surface area contributed by atoms with Gasteiger partial charge in [0.2, 0.25) is 5.76 Å². The van der Waals surface area contributed by atoms with Crippen LogP contribution in [0.4, 0.5) is 0 Å². The number of carbonyl (C=O) groups excluding carboxylic acids is 2. The van der Waals surface area contributed by atoms with Crippen molar-refractivity contribution in [1.29, 1.82) is 0 Å². The van der Waals surface area contributed by atoms with Crippen LogP contribution in [0.1, 0.15) is 18.1 Å². The highest BCUT2D eigenvalue weighted by Crippen LogP contribution is 2.05. The third-order valence-electron chi connectivity index (χ3n) is 2.28. The first kappa shape index (κ1) is 14.0. The first-order chi connectivity index (χ1) is 8.52. The minimum absolute atomic E-state index is 0.143. The Labute approximate surface area is 106 Å². The van der Waals surface area contributed by atoms with E-state index in [4.69, 9.17) is 0 Å². The third kappa shape index (κ3) is 4.41. The Balaban J connectivity index is 2.63. The fourth-order valence-corrected chi connectivity index (χ4v) is 1.37. The van der Waals surface area contributed by atoms with Crippen molar-refractivity contribution in [1.82, 2.24) is 0 Å². The largest absolute Gasteiger partial charge is 0.502 e. The molecular weight excluding hydrogens is 232 g/mol. The SMILES string of the molecule is CCOC(=O)C(O)=CC(=O)Cc1ccc(C)cc1. The maximum atomic E-state index is 11.6. The zero-order valence-corrected chi connectivity index (χ0v) is 10.5. The number of aryl methyl sites for hydroxylation is 1. The summed E-state index contributed by atoms with van der Waals surface area (Å²) < 4.78 is 4.56. The minimum atomic E-state index is -0.880. The normalized spacial score (nSPS) is 11.1. The lowest BCUT2D eigenvalue weighted by molar-refractivity contribution is -0.141. The molecule has 0 bridgehead atoms. The second-order valence-corrected chi connectivity index (χ2v) is 3.88. The Morgan fingerprint density at radius 3 is 2.44 bits per heavy atom. The maximum absolute atomic E-state index is 11.6. The molecular formula is C14H16O4. The number of carbonyl (C=O) groups is 2. The van der Waals surface area contributed by atoms with Gasteiger partial charge in [-0.05, 0) is 19.4 Å². The predicted molar refractivity (Wildman–Crippen MR) is 67.2 cm³/mol. The van der Waals surface area contributed by atoms with Crippen molar-refractivity contribution < 1.29 is 19.4 Å². The molecule has 0 spiro atoms. The van der Waals surface area contributed by atoms with E-state index in [9.17, 15) is 14.7 Å². The Hall–Kier alpha value is -2.10. The molecule has 1 N–H and O–H groups in total. The first-order valence-electron chi connectivity index (χ1n) is 5.69. The van der Waals surface area contributed by atoms with Gasteiger partial charge in [-0.3, -0.25) is 4.79 Å². The van der Waals surface area contributed by atoms with Gasteiger partial charge in [-0.25, -0.2) is 4.79 Å². The molecule has 0 radical (unpaired) electrons. The van der Waals surface area contributed by atoms with Gasteiger partial charge in [0.25, 0.3) is 0 Å². The average Bonchev–Trinajstić information content (AvgIpc) is 2.32.